The van der Waals surface area contributed by atoms with Crippen molar-refractivity contribution in [3.63, 3.8) is 0 Å². The lowest BCUT2D eigenvalue weighted by molar-refractivity contribution is -0.138. The molecule has 0 aliphatic heterocycles. The summed E-state index contributed by atoms with van der Waals surface area (Å²) in [5.41, 5.74) is 7.51. The van der Waals surface area contributed by atoms with Crippen molar-refractivity contribution in [2.24, 2.45) is 0 Å². The third-order valence-electron chi connectivity index (χ3n) is 22.2. The van der Waals surface area contributed by atoms with Crippen LogP contribution in [-0.2, 0) is 57.2 Å². The van der Waals surface area contributed by atoms with Gasteiger partial charge in [0.2, 0.25) is 0 Å². The summed E-state index contributed by atoms with van der Waals surface area (Å²) in [6.45, 7) is 30.7. The number of ether oxygens (including phenoxy) is 18. The lowest BCUT2D eigenvalue weighted by Crippen LogP contribution is -2.11. The zero-order valence-electron chi connectivity index (χ0n) is 83.5. The Morgan fingerprint density at radius 2 is 0.378 bits per heavy atom. The van der Waals surface area contributed by atoms with Crippen LogP contribution in [0.3, 0.4) is 0 Å². The molecule has 0 fully saturated rings. The zero-order valence-corrected chi connectivity index (χ0v) is 83.5. The molecule has 0 spiro atoms. The molecule has 0 aromatic heterocycles. The van der Waals surface area contributed by atoms with Crippen LogP contribution in [0.25, 0.3) is 11.1 Å². The first-order valence-corrected chi connectivity index (χ1v) is 48.8. The molecule has 0 radical (unpaired) electrons. The predicted molar refractivity (Wildman–Crippen MR) is 553 cm³/mol. The first-order valence-electron chi connectivity index (χ1n) is 48.8. The molecular weight excluding hydrogens is 1900 g/mol. The second-order valence-corrected chi connectivity index (χ2v) is 33.2. The van der Waals surface area contributed by atoms with Crippen molar-refractivity contribution < 1.29 is 143 Å². The van der Waals surface area contributed by atoms with Gasteiger partial charge in [-0.3, -0.25) is 0 Å². The molecule has 0 heterocycles. The molecule has 0 amide bonds. The minimum absolute atomic E-state index is 0.0241. The van der Waals surface area contributed by atoms with Gasteiger partial charge in [-0.05, 0) is 369 Å². The first-order chi connectivity index (χ1) is 71.8. The van der Waals surface area contributed by atoms with Crippen LogP contribution in [0.15, 0.2) is 294 Å². The van der Waals surface area contributed by atoms with Crippen molar-refractivity contribution in [1.29, 1.82) is 0 Å². The second kappa shape index (κ2) is 64.0. The van der Waals surface area contributed by atoms with Gasteiger partial charge in [-0.2, -0.15) is 0 Å². The number of aryl methyl sites for hydroxylation is 2. The summed E-state index contributed by atoms with van der Waals surface area (Å²) < 4.78 is 97.6. The lowest BCUT2D eigenvalue weighted by Gasteiger charge is -2.11. The van der Waals surface area contributed by atoms with Crippen molar-refractivity contribution in [2.45, 2.75) is 142 Å². The van der Waals surface area contributed by atoms with E-state index >= 15 is 0 Å². The summed E-state index contributed by atoms with van der Waals surface area (Å²) in [5.74, 6) is 0.259. The Labute approximate surface area is 861 Å². The van der Waals surface area contributed by atoms with E-state index in [4.69, 9.17) is 85.3 Å². The van der Waals surface area contributed by atoms with E-state index in [1.54, 1.807) is 208 Å². The average molecular weight is 2020 g/mol. The third-order valence-corrected chi connectivity index (χ3v) is 22.2. The van der Waals surface area contributed by atoms with Gasteiger partial charge in [-0.1, -0.05) is 58.5 Å². The molecule has 1 atom stereocenters. The molecule has 10 aromatic rings. The number of unbranched alkanes of at least 4 members (excludes halogenated alkanes) is 12. The second-order valence-electron chi connectivity index (χ2n) is 33.2. The van der Waals surface area contributed by atoms with Crippen molar-refractivity contribution in [3.8, 4) is 80.1 Å². The number of fused-ring (bicyclic) bond motifs is 3. The van der Waals surface area contributed by atoms with E-state index in [1.807, 2.05) is 24.3 Å². The molecule has 10 aromatic carbocycles. The largest absolute Gasteiger partial charge is 0.494 e. The van der Waals surface area contributed by atoms with E-state index < -0.39 is 71.6 Å². The van der Waals surface area contributed by atoms with E-state index in [1.165, 1.54) is 0 Å². The molecular formula is C118H124O30. The number of hydrogen-bond acceptors (Lipinski definition) is 30. The number of esters is 12. The molecule has 1 aliphatic carbocycles. The number of rotatable bonds is 60. The van der Waals surface area contributed by atoms with E-state index in [0.717, 1.165) is 136 Å². The maximum absolute atomic E-state index is 13.0. The summed E-state index contributed by atoms with van der Waals surface area (Å²) in [6.07, 6.45) is 21.5. The maximum atomic E-state index is 13.0. The molecule has 1 aliphatic rings. The number of carbonyl (C=O) groups is 12. The van der Waals surface area contributed by atoms with Gasteiger partial charge in [0.1, 0.15) is 69.0 Å². The third kappa shape index (κ3) is 41.1. The maximum Gasteiger partial charge on any atom is 0.343 e. The highest BCUT2D eigenvalue weighted by Crippen LogP contribution is 2.47. The highest BCUT2D eigenvalue weighted by atomic mass is 16.6. The standard InChI is InChI=1S/C44H44O10.C39H44O10.C35H36O10/c1-4-41(45)51-26-9-7-6-8-24-49-33-16-12-31(13-17-33)43(47)53-35-20-22-37-38-23-21-36(29-40(38)30(3)39(37)28-35)54-44(48)32-14-18-34(19-15-32)50-25-10-11-27-52-42(46)5-2;1-4-36(40)46-26-12-8-6-10-24-44-32-18-14-30(15-19-32)38(42)48-34-22-23-35(29(3)28-34)49-39(43)31-16-20-33(21-17-31)45-25-11-7-9-13-27-47-37(41)5-2;1-4-32(36)42-22-8-6-20-40-28-14-10-26(11-15-28)34(38)44-30-18-19-31(25(3)24-30)45-35(39)27-12-16-29(17-13-27)41-21-7-9-23-43-33(37)5-2/h4-5,12-23,28-30H,1-2,6-11,24-27H2,3H3;4-5,14-23,28H,1-2,6-13,24-27H2,3H3;4-5,10-19,24H,1-2,6-9,20-23H2,3H3. The van der Waals surface area contributed by atoms with Crippen LogP contribution >= 0.6 is 0 Å². The van der Waals surface area contributed by atoms with Crippen molar-refractivity contribution in [1.82, 2.24) is 0 Å². The molecule has 148 heavy (non-hydrogen) atoms. The highest BCUT2D eigenvalue weighted by Gasteiger charge is 2.29. The number of carbonyl (C=O) groups excluding carboxylic acids is 12. The van der Waals surface area contributed by atoms with Gasteiger partial charge < -0.3 is 85.3 Å². The molecule has 0 N–H and O–H groups in total. The molecule has 0 saturated carbocycles. The average Bonchev–Trinajstić information content (AvgIpc) is 1.60. The van der Waals surface area contributed by atoms with E-state index in [2.05, 4.69) is 46.4 Å². The summed E-state index contributed by atoms with van der Waals surface area (Å²) in [5, 5.41) is 0. The molecule has 0 saturated heterocycles. The minimum atomic E-state index is -0.548. The summed E-state index contributed by atoms with van der Waals surface area (Å²) in [4.78, 5) is 143. The van der Waals surface area contributed by atoms with Crippen LogP contribution in [0.5, 0.6) is 69.0 Å². The van der Waals surface area contributed by atoms with Gasteiger partial charge in [0.15, 0.2) is 0 Å². The van der Waals surface area contributed by atoms with E-state index in [-0.39, 0.29) is 5.92 Å². The Bertz CT molecular complexity index is 6100. The van der Waals surface area contributed by atoms with Crippen LogP contribution < -0.4 is 56.8 Å². The molecule has 30 nitrogen and oxygen atoms in total. The fraction of sp³-hybridized carbons (Fsp3) is 0.288. The van der Waals surface area contributed by atoms with Gasteiger partial charge in [-0.25, -0.2) is 57.5 Å². The summed E-state index contributed by atoms with van der Waals surface area (Å²) in [7, 11) is 0. The Hall–Kier alpha value is -16.9. The fourth-order valence-electron chi connectivity index (χ4n) is 14.1. The van der Waals surface area contributed by atoms with Crippen molar-refractivity contribution in [2.75, 3.05) is 79.3 Å². The Morgan fingerprint density at radius 3 is 0.581 bits per heavy atom. The van der Waals surface area contributed by atoms with Crippen LogP contribution in [0.4, 0.5) is 0 Å². The molecule has 30 heteroatoms. The smallest absolute Gasteiger partial charge is 0.343 e. The molecule has 11 rings (SSSR count). The SMILES string of the molecule is C=CC(=O)OCCCCCCOc1ccc(C(=O)Oc2ccc(OC(=O)c3ccc(OCCCCCCOC(=O)C=C)cc3)c(C)c2)cc1.C=CC(=O)OCCCCCCOc1ccc(C(=O)Oc2ccc3c(c2)C(C)c2cc(OC(=O)c4ccc(OCCCCOC(=O)C=C)cc4)ccc2-3)cc1.C=CC(=O)OCCCCOc1ccc(C(=O)Oc2ccc(OC(=O)c3ccc(OCCCCOC(=O)C=C)cc3)c(C)c2)cc1. The summed E-state index contributed by atoms with van der Waals surface area (Å²) in [6, 6.07) is 60.8. The predicted octanol–water partition coefficient (Wildman–Crippen LogP) is 22.8. The topological polar surface area (TPSA) is 371 Å². The minimum Gasteiger partial charge on any atom is -0.494 e. The fourth-order valence-corrected chi connectivity index (χ4v) is 14.1. The van der Waals surface area contributed by atoms with Crippen molar-refractivity contribution >= 4 is 71.6 Å². The highest BCUT2D eigenvalue weighted by molar-refractivity contribution is 5.96. The van der Waals surface area contributed by atoms with Gasteiger partial charge in [-0.15, -0.1) is 0 Å². The van der Waals surface area contributed by atoms with Crippen LogP contribution in [-0.4, -0.2) is 151 Å². The van der Waals surface area contributed by atoms with E-state index in [0.29, 0.717) is 231 Å². The Kier molecular flexibility index (Phi) is 49.6. The van der Waals surface area contributed by atoms with Gasteiger partial charge in [0, 0.05) is 42.4 Å². The van der Waals surface area contributed by atoms with Crippen molar-refractivity contribution in [3.05, 3.63) is 350 Å². The van der Waals surface area contributed by atoms with Gasteiger partial charge >= 0.3 is 71.6 Å². The van der Waals surface area contributed by atoms with Crippen LogP contribution in [0, 0.1) is 13.8 Å². The number of benzene rings is 10. The Morgan fingerprint density at radius 1 is 0.209 bits per heavy atom. The quantitative estimate of drug-likeness (QED) is 0.0112. The molecule has 776 valence electrons. The molecule has 1 unspecified atom stereocenters. The Balaban J connectivity index is 0.000000248. The lowest BCUT2D eigenvalue weighted by atomic mass is 9.99. The molecule has 0 bridgehead atoms. The first kappa shape index (κ1) is 115. The summed E-state index contributed by atoms with van der Waals surface area (Å²) >= 11 is 0. The normalized spacial score (nSPS) is 11.1. The van der Waals surface area contributed by atoms with Gasteiger partial charge in [0.25, 0.3) is 0 Å². The monoisotopic (exact) mass is 2020 g/mol. The van der Waals surface area contributed by atoms with Crippen LogP contribution in [0.1, 0.15) is 213 Å². The van der Waals surface area contributed by atoms with E-state index in [9.17, 15) is 57.5 Å². The number of hydrogen-bond donors (Lipinski definition) is 0. The van der Waals surface area contributed by atoms with Crippen LogP contribution in [0.2, 0.25) is 0 Å². The zero-order chi connectivity index (χ0) is 106. The van der Waals surface area contributed by atoms with Gasteiger partial charge in [0.05, 0.1) is 113 Å².